The molecule has 0 heterocycles. The topological polar surface area (TPSA) is 72.2 Å². The van der Waals surface area contributed by atoms with Gasteiger partial charge in [-0.3, -0.25) is 0 Å². The van der Waals surface area contributed by atoms with Crippen LogP contribution in [0, 0.1) is 13.8 Å². The van der Waals surface area contributed by atoms with Gasteiger partial charge in [0.15, 0.2) is 0 Å². The maximum absolute atomic E-state index is 12.3. The minimum absolute atomic E-state index is 0.151. The van der Waals surface area contributed by atoms with Crippen LogP contribution in [0.4, 0.5) is 5.69 Å². The maximum atomic E-state index is 12.3. The predicted octanol–water partition coefficient (Wildman–Crippen LogP) is 2.31. The summed E-state index contributed by atoms with van der Waals surface area (Å²) < 4.78 is 27.0. The lowest BCUT2D eigenvalue weighted by Crippen LogP contribution is -2.36. The van der Waals surface area contributed by atoms with Gasteiger partial charge in [-0.05, 0) is 57.2 Å². The largest absolute Gasteiger partial charge is 0.398 e. The highest BCUT2D eigenvalue weighted by Gasteiger charge is 2.23. The molecule has 1 aromatic carbocycles. The Morgan fingerprint density at radius 2 is 1.79 bits per heavy atom. The molecule has 0 unspecified atom stereocenters. The van der Waals surface area contributed by atoms with E-state index in [-0.39, 0.29) is 15.3 Å². The number of nitrogens with two attached hydrogens (primary N) is 1. The minimum atomic E-state index is -3.56. The van der Waals surface area contributed by atoms with E-state index in [0.717, 1.165) is 11.1 Å². The van der Waals surface area contributed by atoms with Gasteiger partial charge in [0, 0.05) is 11.3 Å². The number of hydrogen-bond acceptors (Lipinski definition) is 4. The van der Waals surface area contributed by atoms with Crippen molar-refractivity contribution in [1.82, 2.24) is 4.72 Å². The van der Waals surface area contributed by atoms with Gasteiger partial charge in [-0.15, -0.1) is 0 Å². The molecule has 1 rings (SSSR count). The van der Waals surface area contributed by atoms with Gasteiger partial charge >= 0.3 is 0 Å². The fourth-order valence-corrected chi connectivity index (χ4v) is 3.18. The van der Waals surface area contributed by atoms with Gasteiger partial charge in [0.2, 0.25) is 10.0 Å². The molecule has 0 saturated heterocycles. The second kappa shape index (κ2) is 5.73. The van der Waals surface area contributed by atoms with Crippen LogP contribution in [0.2, 0.25) is 0 Å². The molecule has 3 N–H and O–H groups in total. The Labute approximate surface area is 120 Å². The Hall–Kier alpha value is -0.720. The number of sulfonamides is 1. The van der Waals surface area contributed by atoms with E-state index < -0.39 is 10.0 Å². The molecule has 0 bridgehead atoms. The minimum Gasteiger partial charge on any atom is -0.398 e. The number of anilines is 1. The first-order valence-corrected chi connectivity index (χ1v) is 8.71. The first kappa shape index (κ1) is 16.3. The lowest BCUT2D eigenvalue weighted by atomic mass is 10.1. The summed E-state index contributed by atoms with van der Waals surface area (Å²) >= 11 is 1.61. The van der Waals surface area contributed by atoms with Crippen molar-refractivity contribution in [3.05, 3.63) is 23.3 Å². The molecular formula is C13H22N2O2S2. The first-order chi connectivity index (χ1) is 8.59. The van der Waals surface area contributed by atoms with Gasteiger partial charge in [0.05, 0.1) is 5.69 Å². The monoisotopic (exact) mass is 302 g/mol. The summed E-state index contributed by atoms with van der Waals surface area (Å²) in [7, 11) is -3.56. The van der Waals surface area contributed by atoms with E-state index in [1.807, 2.05) is 34.0 Å². The highest BCUT2D eigenvalue weighted by Crippen LogP contribution is 2.24. The van der Waals surface area contributed by atoms with Crippen LogP contribution in [0.3, 0.4) is 0 Å². The van der Waals surface area contributed by atoms with Crippen molar-refractivity contribution >= 4 is 27.5 Å². The average molecular weight is 302 g/mol. The SMILES string of the molecule is CSC(C)(C)CNS(=O)(=O)c1cc(C)c(C)cc1N. The zero-order chi connectivity index (χ0) is 14.8. The predicted molar refractivity (Wildman–Crippen MR) is 83.1 cm³/mol. The van der Waals surface area contributed by atoms with Crippen molar-refractivity contribution < 1.29 is 8.42 Å². The number of rotatable bonds is 5. The lowest BCUT2D eigenvalue weighted by Gasteiger charge is -2.22. The van der Waals surface area contributed by atoms with Crippen LogP contribution >= 0.6 is 11.8 Å². The molecule has 0 atom stereocenters. The number of nitrogens with one attached hydrogen (secondary N) is 1. The van der Waals surface area contributed by atoms with Crippen molar-refractivity contribution in [3.8, 4) is 0 Å². The molecule has 0 saturated carbocycles. The fourth-order valence-electron chi connectivity index (χ4n) is 1.46. The molecule has 4 nitrogen and oxygen atoms in total. The van der Waals surface area contributed by atoms with Crippen LogP contribution in [-0.2, 0) is 10.0 Å². The summed E-state index contributed by atoms with van der Waals surface area (Å²) in [5.74, 6) is 0. The van der Waals surface area contributed by atoms with Crippen molar-refractivity contribution in [2.24, 2.45) is 0 Å². The molecule has 0 aliphatic carbocycles. The van der Waals surface area contributed by atoms with Gasteiger partial charge in [0.25, 0.3) is 0 Å². The standard InChI is InChI=1S/C13H22N2O2S2/c1-9-6-11(14)12(7-10(9)2)19(16,17)15-8-13(3,4)18-5/h6-7,15H,8,14H2,1-5H3. The maximum Gasteiger partial charge on any atom is 0.242 e. The summed E-state index contributed by atoms with van der Waals surface area (Å²) in [5, 5.41) is 0. The molecule has 0 aromatic heterocycles. The van der Waals surface area contributed by atoms with Crippen LogP contribution in [-0.4, -0.2) is 26.0 Å². The number of thioether (sulfide) groups is 1. The van der Waals surface area contributed by atoms with Gasteiger partial charge < -0.3 is 5.73 Å². The summed E-state index contributed by atoms with van der Waals surface area (Å²) in [5.41, 5.74) is 8.02. The second-order valence-electron chi connectivity index (χ2n) is 5.26. The molecule has 0 aliphatic rings. The van der Waals surface area contributed by atoms with Crippen LogP contribution in [0.15, 0.2) is 17.0 Å². The number of aryl methyl sites for hydroxylation is 2. The molecule has 0 amide bonds. The quantitative estimate of drug-likeness (QED) is 0.819. The van der Waals surface area contributed by atoms with E-state index in [1.165, 1.54) is 0 Å². The van der Waals surface area contributed by atoms with E-state index in [1.54, 1.807) is 23.9 Å². The smallest absolute Gasteiger partial charge is 0.242 e. The Balaban J connectivity index is 3.05. The normalized spacial score (nSPS) is 12.7. The van der Waals surface area contributed by atoms with Crippen molar-refractivity contribution in [2.45, 2.75) is 37.3 Å². The molecular weight excluding hydrogens is 280 g/mol. The Kier molecular flexibility index (Phi) is 4.92. The molecule has 108 valence electrons. The van der Waals surface area contributed by atoms with Gasteiger partial charge in [-0.1, -0.05) is 0 Å². The molecule has 19 heavy (non-hydrogen) atoms. The Morgan fingerprint density at radius 3 is 2.32 bits per heavy atom. The van der Waals surface area contributed by atoms with Crippen molar-refractivity contribution in [3.63, 3.8) is 0 Å². The summed E-state index contributed by atoms with van der Waals surface area (Å²) in [6.07, 6.45) is 1.96. The van der Waals surface area contributed by atoms with Crippen molar-refractivity contribution in [1.29, 1.82) is 0 Å². The average Bonchev–Trinajstić information content (AvgIpc) is 2.31. The lowest BCUT2D eigenvalue weighted by molar-refractivity contribution is 0.571. The number of nitrogen functional groups attached to an aromatic ring is 1. The molecule has 6 heteroatoms. The Morgan fingerprint density at radius 1 is 1.26 bits per heavy atom. The Bertz CT molecular complexity index is 566. The first-order valence-electron chi connectivity index (χ1n) is 6.00. The van der Waals surface area contributed by atoms with Crippen molar-refractivity contribution in [2.75, 3.05) is 18.5 Å². The second-order valence-corrected chi connectivity index (χ2v) is 8.51. The van der Waals surface area contributed by atoms with E-state index >= 15 is 0 Å². The third-order valence-electron chi connectivity index (χ3n) is 3.16. The van der Waals surface area contributed by atoms with Gasteiger partial charge in [-0.25, -0.2) is 13.1 Å². The van der Waals surface area contributed by atoms with E-state index in [9.17, 15) is 8.42 Å². The van der Waals surface area contributed by atoms with Crippen LogP contribution in [0.1, 0.15) is 25.0 Å². The summed E-state index contributed by atoms with van der Waals surface area (Å²) in [6.45, 7) is 8.13. The zero-order valence-corrected chi connectivity index (χ0v) is 13.7. The van der Waals surface area contributed by atoms with E-state index in [2.05, 4.69) is 4.72 Å². The molecule has 0 radical (unpaired) electrons. The third kappa shape index (κ3) is 4.12. The van der Waals surface area contributed by atoms with Gasteiger partial charge in [-0.2, -0.15) is 11.8 Å². The zero-order valence-electron chi connectivity index (χ0n) is 12.1. The molecule has 1 aromatic rings. The third-order valence-corrected chi connectivity index (χ3v) is 5.86. The molecule has 0 aliphatic heterocycles. The fraction of sp³-hybridized carbons (Fsp3) is 0.538. The van der Waals surface area contributed by atoms with E-state index in [0.29, 0.717) is 6.54 Å². The molecule has 0 spiro atoms. The highest BCUT2D eigenvalue weighted by molar-refractivity contribution is 8.00. The van der Waals surface area contributed by atoms with E-state index in [4.69, 9.17) is 5.73 Å². The van der Waals surface area contributed by atoms with Crippen LogP contribution in [0.5, 0.6) is 0 Å². The van der Waals surface area contributed by atoms with Crippen LogP contribution < -0.4 is 10.5 Å². The van der Waals surface area contributed by atoms with Crippen LogP contribution in [0.25, 0.3) is 0 Å². The highest BCUT2D eigenvalue weighted by atomic mass is 32.2. The van der Waals surface area contributed by atoms with Gasteiger partial charge in [0.1, 0.15) is 4.90 Å². The summed E-state index contributed by atoms with van der Waals surface area (Å²) in [6, 6.07) is 3.32. The number of hydrogen-bond donors (Lipinski definition) is 2. The number of benzene rings is 1. The summed E-state index contributed by atoms with van der Waals surface area (Å²) in [4.78, 5) is 0.160. The molecule has 0 fully saturated rings.